The zero-order chi connectivity index (χ0) is 12.3. The van der Waals surface area contributed by atoms with Crippen molar-refractivity contribution in [2.45, 2.75) is 37.8 Å². The van der Waals surface area contributed by atoms with E-state index in [4.69, 9.17) is 0 Å². The molecule has 1 aliphatic rings. The van der Waals surface area contributed by atoms with E-state index in [0.29, 0.717) is 5.56 Å². The van der Waals surface area contributed by atoms with Crippen LogP contribution < -0.4 is 0 Å². The second kappa shape index (κ2) is 5.23. The normalized spacial score (nSPS) is 24.4. The van der Waals surface area contributed by atoms with Crippen molar-refractivity contribution in [3.8, 4) is 0 Å². The number of hydrogen-bond donors (Lipinski definition) is 1. The number of hydrogen-bond acceptors (Lipinski definition) is 4. The lowest BCUT2D eigenvalue weighted by molar-refractivity contribution is 0.0267. The van der Waals surface area contributed by atoms with Crippen LogP contribution >= 0.6 is 0 Å². The third kappa shape index (κ3) is 2.61. The van der Waals surface area contributed by atoms with E-state index in [1.54, 1.807) is 11.9 Å². The summed E-state index contributed by atoms with van der Waals surface area (Å²) >= 11 is 0. The molecule has 0 saturated heterocycles. The van der Waals surface area contributed by atoms with Gasteiger partial charge in [-0.2, -0.15) is 0 Å². The summed E-state index contributed by atoms with van der Waals surface area (Å²) < 4.78 is 0. The van der Waals surface area contributed by atoms with E-state index in [2.05, 4.69) is 9.97 Å². The van der Waals surface area contributed by atoms with E-state index >= 15 is 0 Å². The van der Waals surface area contributed by atoms with Crippen LogP contribution in [0, 0.1) is 0 Å². The molecular weight excluding hydrogens is 218 g/mol. The minimum atomic E-state index is -0.415. The van der Waals surface area contributed by atoms with Crippen LogP contribution in [-0.2, 0) is 0 Å². The van der Waals surface area contributed by atoms with E-state index < -0.39 is 6.10 Å². The molecule has 0 radical (unpaired) electrons. The molecule has 1 aromatic heterocycles. The molecule has 1 N–H and O–H groups in total. The van der Waals surface area contributed by atoms with E-state index in [1.807, 2.05) is 0 Å². The molecule has 1 fully saturated rings. The second-order valence-electron chi connectivity index (χ2n) is 4.46. The molecule has 2 unspecified atom stereocenters. The van der Waals surface area contributed by atoms with Gasteiger partial charge in [0.15, 0.2) is 0 Å². The van der Waals surface area contributed by atoms with Crippen LogP contribution in [0.15, 0.2) is 18.7 Å². The first-order valence-electron chi connectivity index (χ1n) is 5.90. The van der Waals surface area contributed by atoms with Crippen molar-refractivity contribution in [2.75, 3.05) is 7.05 Å². The van der Waals surface area contributed by atoms with Crippen LogP contribution in [-0.4, -0.2) is 45.1 Å². The minimum absolute atomic E-state index is 0.0866. The smallest absolute Gasteiger partial charge is 0.257 e. The maximum Gasteiger partial charge on any atom is 0.257 e. The molecule has 1 aromatic rings. The van der Waals surface area contributed by atoms with Crippen molar-refractivity contribution in [1.82, 2.24) is 14.9 Å². The average molecular weight is 235 g/mol. The molecule has 1 saturated carbocycles. The topological polar surface area (TPSA) is 66.3 Å². The number of carbonyl (C=O) groups is 1. The Morgan fingerprint density at radius 2 is 2.00 bits per heavy atom. The zero-order valence-electron chi connectivity index (χ0n) is 9.91. The summed E-state index contributed by atoms with van der Waals surface area (Å²) in [7, 11) is 1.73. The molecule has 5 heteroatoms. The van der Waals surface area contributed by atoms with Crippen LogP contribution in [0.4, 0.5) is 0 Å². The van der Waals surface area contributed by atoms with Crippen molar-refractivity contribution in [3.05, 3.63) is 24.3 Å². The molecule has 92 valence electrons. The van der Waals surface area contributed by atoms with Gasteiger partial charge in [0.1, 0.15) is 6.33 Å². The van der Waals surface area contributed by atoms with Crippen molar-refractivity contribution in [2.24, 2.45) is 0 Å². The van der Waals surface area contributed by atoms with Gasteiger partial charge in [0.25, 0.3) is 5.91 Å². The standard InChI is InChI=1S/C12H17N3O2/c1-15(10-4-2-3-5-11(10)16)12(17)9-6-13-8-14-7-9/h6-8,10-11,16H,2-5H2,1H3. The fourth-order valence-electron chi connectivity index (χ4n) is 2.31. The van der Waals surface area contributed by atoms with Gasteiger partial charge in [-0.3, -0.25) is 4.79 Å². The fourth-order valence-corrected chi connectivity index (χ4v) is 2.31. The Hall–Kier alpha value is -1.49. The Kier molecular flexibility index (Phi) is 3.68. The maximum atomic E-state index is 12.1. The van der Waals surface area contributed by atoms with Crippen LogP contribution in [0.3, 0.4) is 0 Å². The summed E-state index contributed by atoms with van der Waals surface area (Å²) in [5.41, 5.74) is 0.466. The Labute approximate surface area is 100 Å². The number of carbonyl (C=O) groups excluding carboxylic acids is 1. The molecule has 5 nitrogen and oxygen atoms in total. The molecule has 0 aliphatic heterocycles. The van der Waals surface area contributed by atoms with E-state index in [9.17, 15) is 9.90 Å². The third-order valence-corrected chi connectivity index (χ3v) is 3.32. The lowest BCUT2D eigenvalue weighted by Gasteiger charge is -2.35. The summed E-state index contributed by atoms with van der Waals surface area (Å²) in [6.45, 7) is 0. The summed E-state index contributed by atoms with van der Waals surface area (Å²) in [4.78, 5) is 21.4. The first-order chi connectivity index (χ1) is 8.20. The summed E-state index contributed by atoms with van der Waals surface area (Å²) in [5.74, 6) is -0.128. The summed E-state index contributed by atoms with van der Waals surface area (Å²) in [5, 5.41) is 9.91. The molecule has 0 spiro atoms. The number of likely N-dealkylation sites (N-methyl/N-ethyl adjacent to an activating group) is 1. The lowest BCUT2D eigenvalue weighted by Crippen LogP contribution is -2.46. The van der Waals surface area contributed by atoms with E-state index in [1.165, 1.54) is 18.7 Å². The molecule has 0 aromatic carbocycles. The summed E-state index contributed by atoms with van der Waals surface area (Å²) in [6.07, 6.45) is 7.71. The van der Waals surface area contributed by atoms with Crippen LogP contribution in [0.1, 0.15) is 36.0 Å². The first-order valence-corrected chi connectivity index (χ1v) is 5.90. The highest BCUT2D eigenvalue weighted by atomic mass is 16.3. The largest absolute Gasteiger partial charge is 0.391 e. The van der Waals surface area contributed by atoms with Gasteiger partial charge in [-0.25, -0.2) is 9.97 Å². The number of amides is 1. The highest BCUT2D eigenvalue weighted by molar-refractivity contribution is 5.93. The van der Waals surface area contributed by atoms with Crippen LogP contribution in [0.25, 0.3) is 0 Å². The molecule has 0 bridgehead atoms. The van der Waals surface area contributed by atoms with E-state index in [-0.39, 0.29) is 11.9 Å². The van der Waals surface area contributed by atoms with Gasteiger partial charge in [-0.1, -0.05) is 12.8 Å². The number of rotatable bonds is 2. The highest BCUT2D eigenvalue weighted by Gasteiger charge is 2.29. The Morgan fingerprint density at radius 1 is 1.35 bits per heavy atom. The van der Waals surface area contributed by atoms with E-state index in [0.717, 1.165) is 25.7 Å². The van der Waals surface area contributed by atoms with Gasteiger partial charge in [-0.05, 0) is 12.8 Å². The van der Waals surface area contributed by atoms with Gasteiger partial charge < -0.3 is 10.0 Å². The van der Waals surface area contributed by atoms with Crippen molar-refractivity contribution in [1.29, 1.82) is 0 Å². The molecule has 2 rings (SSSR count). The van der Waals surface area contributed by atoms with Gasteiger partial charge >= 0.3 is 0 Å². The Morgan fingerprint density at radius 3 is 2.65 bits per heavy atom. The zero-order valence-corrected chi connectivity index (χ0v) is 9.91. The van der Waals surface area contributed by atoms with Crippen molar-refractivity contribution < 1.29 is 9.90 Å². The van der Waals surface area contributed by atoms with Crippen LogP contribution in [0.5, 0.6) is 0 Å². The monoisotopic (exact) mass is 235 g/mol. The van der Waals surface area contributed by atoms with Crippen LogP contribution in [0.2, 0.25) is 0 Å². The van der Waals surface area contributed by atoms with Gasteiger partial charge in [0.2, 0.25) is 0 Å². The Balaban J connectivity index is 2.09. The predicted molar refractivity (Wildman–Crippen MR) is 62.4 cm³/mol. The fraction of sp³-hybridized carbons (Fsp3) is 0.583. The number of aliphatic hydroxyl groups is 1. The number of aromatic nitrogens is 2. The second-order valence-corrected chi connectivity index (χ2v) is 4.46. The maximum absolute atomic E-state index is 12.1. The van der Waals surface area contributed by atoms with Crippen molar-refractivity contribution >= 4 is 5.91 Å². The highest BCUT2D eigenvalue weighted by Crippen LogP contribution is 2.23. The third-order valence-electron chi connectivity index (χ3n) is 3.32. The first kappa shape index (κ1) is 12.0. The van der Waals surface area contributed by atoms with Crippen molar-refractivity contribution in [3.63, 3.8) is 0 Å². The number of nitrogens with zero attached hydrogens (tertiary/aromatic N) is 3. The predicted octanol–water partition coefficient (Wildman–Crippen LogP) is 0.852. The summed E-state index contributed by atoms with van der Waals surface area (Å²) in [6, 6.07) is -0.0866. The molecule has 1 aliphatic carbocycles. The molecule has 17 heavy (non-hydrogen) atoms. The van der Waals surface area contributed by atoms with Gasteiger partial charge in [0, 0.05) is 19.4 Å². The number of aliphatic hydroxyl groups excluding tert-OH is 1. The molecule has 1 amide bonds. The molecule has 2 atom stereocenters. The average Bonchev–Trinajstić information content (AvgIpc) is 2.39. The lowest BCUT2D eigenvalue weighted by atomic mass is 9.91. The molecule has 1 heterocycles. The SMILES string of the molecule is CN(C(=O)c1cncnc1)C1CCCCC1O. The van der Waals surface area contributed by atoms with Gasteiger partial charge in [0.05, 0.1) is 17.7 Å². The Bertz CT molecular complexity index is 383. The molecular formula is C12H17N3O2. The van der Waals surface area contributed by atoms with Gasteiger partial charge in [-0.15, -0.1) is 0 Å². The quantitative estimate of drug-likeness (QED) is 0.825. The minimum Gasteiger partial charge on any atom is -0.391 e.